The van der Waals surface area contributed by atoms with E-state index >= 15 is 0 Å². The number of hydrogen-bond donors (Lipinski definition) is 0. The van der Waals surface area contributed by atoms with Crippen molar-refractivity contribution in [3.63, 3.8) is 0 Å². The molecule has 0 aliphatic heterocycles. The molecule has 1 aromatic heterocycles. The molecule has 1 amide bonds. The van der Waals surface area contributed by atoms with Crippen LogP contribution in [0.2, 0.25) is 0 Å². The fraction of sp³-hybridized carbons (Fsp3) is 0.615. The summed E-state index contributed by atoms with van der Waals surface area (Å²) < 4.78 is 1.04. The molecule has 0 aromatic carbocycles. The Morgan fingerprint density at radius 3 is 2.24 bits per heavy atom. The minimum absolute atomic E-state index is 0.236. The van der Waals surface area contributed by atoms with Crippen molar-refractivity contribution in [1.82, 2.24) is 4.90 Å². The number of thiophene rings is 1. The van der Waals surface area contributed by atoms with Gasteiger partial charge in [0.15, 0.2) is 0 Å². The van der Waals surface area contributed by atoms with E-state index in [0.717, 1.165) is 33.6 Å². The molecule has 1 heterocycles. The van der Waals surface area contributed by atoms with Gasteiger partial charge in [-0.25, -0.2) is 0 Å². The van der Waals surface area contributed by atoms with Crippen LogP contribution in [-0.4, -0.2) is 23.9 Å². The zero-order valence-electron chi connectivity index (χ0n) is 9.69. The number of carbonyl (C=O) groups excluding carboxylic acids is 1. The third-order valence-corrected chi connectivity index (χ3v) is 5.03. The van der Waals surface area contributed by atoms with Gasteiger partial charge >= 0.3 is 0 Å². The monoisotopic (exact) mass is 313 g/mol. The summed E-state index contributed by atoms with van der Waals surface area (Å²) in [5.74, 6) is 1.79. The van der Waals surface area contributed by atoms with E-state index in [1.807, 2.05) is 12.1 Å². The number of halogens is 1. The van der Waals surface area contributed by atoms with Crippen molar-refractivity contribution in [3.05, 3.63) is 20.8 Å². The molecule has 4 heteroatoms. The number of nitrogens with zero attached hydrogens (tertiary/aromatic N) is 1. The summed E-state index contributed by atoms with van der Waals surface area (Å²) in [5, 5.41) is 0. The van der Waals surface area contributed by atoms with Gasteiger partial charge in [0.1, 0.15) is 0 Å². The lowest BCUT2D eigenvalue weighted by Crippen LogP contribution is -2.34. The Labute approximate surface area is 114 Å². The predicted octanol–water partition coefficient (Wildman–Crippen LogP) is 3.77. The highest BCUT2D eigenvalue weighted by molar-refractivity contribution is 9.11. The number of hydrogen-bond acceptors (Lipinski definition) is 2. The van der Waals surface area contributed by atoms with Crippen molar-refractivity contribution in [2.75, 3.05) is 13.1 Å². The second-order valence-electron chi connectivity index (χ2n) is 5.20. The lowest BCUT2D eigenvalue weighted by molar-refractivity contribution is 0.0744. The number of carbonyl (C=O) groups is 1. The van der Waals surface area contributed by atoms with Gasteiger partial charge in [-0.15, -0.1) is 11.3 Å². The van der Waals surface area contributed by atoms with Gasteiger partial charge in [-0.3, -0.25) is 4.79 Å². The van der Waals surface area contributed by atoms with Crippen LogP contribution in [0.1, 0.15) is 35.4 Å². The van der Waals surface area contributed by atoms with Crippen LogP contribution in [0.5, 0.6) is 0 Å². The first kappa shape index (κ1) is 11.7. The molecule has 2 nitrogen and oxygen atoms in total. The first-order valence-corrected chi connectivity index (χ1v) is 7.88. The van der Waals surface area contributed by atoms with Crippen LogP contribution in [0.3, 0.4) is 0 Å². The van der Waals surface area contributed by atoms with E-state index in [1.54, 1.807) is 11.3 Å². The Morgan fingerprint density at radius 2 is 1.82 bits per heavy atom. The Kier molecular flexibility index (Phi) is 3.26. The third kappa shape index (κ3) is 3.10. The summed E-state index contributed by atoms with van der Waals surface area (Å²) in [6.45, 7) is 1.95. The molecular weight excluding hydrogens is 298 g/mol. The van der Waals surface area contributed by atoms with Crippen LogP contribution < -0.4 is 0 Å². The molecule has 17 heavy (non-hydrogen) atoms. The summed E-state index contributed by atoms with van der Waals surface area (Å²) in [7, 11) is 0. The lowest BCUT2D eigenvalue weighted by atomic mass is 10.3. The summed E-state index contributed by atoms with van der Waals surface area (Å²) in [6, 6.07) is 3.90. The van der Waals surface area contributed by atoms with E-state index in [-0.39, 0.29) is 5.91 Å². The molecule has 0 N–H and O–H groups in total. The highest BCUT2D eigenvalue weighted by Gasteiger charge is 2.32. The molecule has 2 aliphatic carbocycles. The average Bonchev–Trinajstić information content (AvgIpc) is 3.21. The maximum Gasteiger partial charge on any atom is 0.263 e. The number of amides is 1. The molecule has 92 valence electrons. The van der Waals surface area contributed by atoms with Crippen LogP contribution in [0, 0.1) is 11.8 Å². The molecule has 0 spiro atoms. The Hall–Kier alpha value is -0.350. The normalized spacial score (nSPS) is 19.4. The van der Waals surface area contributed by atoms with Crippen molar-refractivity contribution < 1.29 is 4.79 Å². The quantitative estimate of drug-likeness (QED) is 0.810. The van der Waals surface area contributed by atoms with Crippen LogP contribution in [-0.2, 0) is 0 Å². The molecule has 2 fully saturated rings. The summed E-state index contributed by atoms with van der Waals surface area (Å²) in [6.07, 6.45) is 5.23. The van der Waals surface area contributed by atoms with Crippen LogP contribution >= 0.6 is 27.3 Å². The van der Waals surface area contributed by atoms with Crippen molar-refractivity contribution in [2.45, 2.75) is 25.7 Å². The van der Waals surface area contributed by atoms with Crippen molar-refractivity contribution in [2.24, 2.45) is 11.8 Å². The molecule has 0 unspecified atom stereocenters. The smallest absolute Gasteiger partial charge is 0.263 e. The Morgan fingerprint density at radius 1 is 1.24 bits per heavy atom. The van der Waals surface area contributed by atoms with Crippen molar-refractivity contribution in [1.29, 1.82) is 0 Å². The van der Waals surface area contributed by atoms with Gasteiger partial charge in [-0.1, -0.05) is 0 Å². The summed E-state index contributed by atoms with van der Waals surface area (Å²) >= 11 is 4.97. The summed E-state index contributed by atoms with van der Waals surface area (Å²) in [5.41, 5.74) is 0. The Bertz CT molecular complexity index is 409. The molecule has 2 aliphatic rings. The van der Waals surface area contributed by atoms with E-state index in [0.29, 0.717) is 0 Å². The van der Waals surface area contributed by atoms with E-state index in [9.17, 15) is 4.79 Å². The first-order chi connectivity index (χ1) is 8.22. The average molecular weight is 314 g/mol. The third-order valence-electron chi connectivity index (χ3n) is 3.42. The Balaban J connectivity index is 1.69. The minimum Gasteiger partial charge on any atom is -0.337 e. The molecule has 0 bridgehead atoms. The summed E-state index contributed by atoms with van der Waals surface area (Å²) in [4.78, 5) is 15.4. The maximum absolute atomic E-state index is 12.4. The van der Waals surface area contributed by atoms with E-state index in [2.05, 4.69) is 20.8 Å². The molecule has 2 saturated carbocycles. The second kappa shape index (κ2) is 4.73. The molecule has 0 radical (unpaired) electrons. The molecule has 0 atom stereocenters. The van der Waals surface area contributed by atoms with Crippen LogP contribution in [0.25, 0.3) is 0 Å². The lowest BCUT2D eigenvalue weighted by Gasteiger charge is -2.21. The van der Waals surface area contributed by atoms with Gasteiger partial charge in [-0.05, 0) is 65.6 Å². The van der Waals surface area contributed by atoms with Gasteiger partial charge in [0.05, 0.1) is 8.66 Å². The number of rotatable bonds is 5. The van der Waals surface area contributed by atoms with Gasteiger partial charge in [0.25, 0.3) is 5.91 Å². The van der Waals surface area contributed by atoms with Gasteiger partial charge < -0.3 is 4.90 Å². The minimum atomic E-state index is 0.236. The van der Waals surface area contributed by atoms with E-state index in [4.69, 9.17) is 0 Å². The zero-order valence-corrected chi connectivity index (χ0v) is 12.1. The van der Waals surface area contributed by atoms with E-state index in [1.165, 1.54) is 25.7 Å². The van der Waals surface area contributed by atoms with Gasteiger partial charge in [-0.2, -0.15) is 0 Å². The highest BCUT2D eigenvalue weighted by atomic mass is 79.9. The second-order valence-corrected chi connectivity index (χ2v) is 7.66. The van der Waals surface area contributed by atoms with Gasteiger partial charge in [0.2, 0.25) is 0 Å². The molecular formula is C13H16BrNOS. The SMILES string of the molecule is O=C(c1ccc(Br)s1)N(CC1CC1)CC1CC1. The van der Waals surface area contributed by atoms with Gasteiger partial charge in [0, 0.05) is 13.1 Å². The fourth-order valence-electron chi connectivity index (χ4n) is 2.05. The highest BCUT2D eigenvalue weighted by Crippen LogP contribution is 2.35. The van der Waals surface area contributed by atoms with Crippen LogP contribution in [0.15, 0.2) is 15.9 Å². The molecule has 3 rings (SSSR count). The predicted molar refractivity (Wildman–Crippen MR) is 73.4 cm³/mol. The molecule has 0 saturated heterocycles. The maximum atomic E-state index is 12.4. The first-order valence-electron chi connectivity index (χ1n) is 6.27. The van der Waals surface area contributed by atoms with E-state index < -0.39 is 0 Å². The van der Waals surface area contributed by atoms with Crippen LogP contribution in [0.4, 0.5) is 0 Å². The fourth-order valence-corrected chi connectivity index (χ4v) is 3.40. The largest absolute Gasteiger partial charge is 0.337 e. The zero-order chi connectivity index (χ0) is 11.8. The van der Waals surface area contributed by atoms with Crippen molar-refractivity contribution in [3.8, 4) is 0 Å². The topological polar surface area (TPSA) is 20.3 Å². The standard InChI is InChI=1S/C13H16BrNOS/c14-12-6-5-11(17-12)13(16)15(7-9-1-2-9)8-10-3-4-10/h5-6,9-10H,1-4,7-8H2. The molecule has 1 aromatic rings. The van der Waals surface area contributed by atoms with Crippen molar-refractivity contribution >= 4 is 33.2 Å².